The number of benzene rings is 2. The van der Waals surface area contributed by atoms with E-state index in [0.29, 0.717) is 0 Å². The average molecular weight is 339 g/mol. The highest BCUT2D eigenvalue weighted by atomic mass is 35.5. The number of nitrogens with one attached hydrogen (secondary N) is 1. The Balaban J connectivity index is 1.74. The first-order valence-electron chi connectivity index (χ1n) is 8.10. The smallest absolute Gasteiger partial charge is 0.222 e. The molecule has 3 aromatic rings. The van der Waals surface area contributed by atoms with E-state index in [9.17, 15) is 0 Å². The van der Waals surface area contributed by atoms with Crippen LogP contribution in [-0.2, 0) is 0 Å². The van der Waals surface area contributed by atoms with Crippen LogP contribution in [0.2, 0.25) is 5.02 Å². The van der Waals surface area contributed by atoms with Crippen molar-refractivity contribution >= 4 is 17.5 Å². The molecule has 24 heavy (non-hydrogen) atoms. The van der Waals surface area contributed by atoms with Gasteiger partial charge in [0.2, 0.25) is 5.95 Å². The quantitative estimate of drug-likeness (QED) is 0.736. The summed E-state index contributed by atoms with van der Waals surface area (Å²) in [7, 11) is 0. The fourth-order valence-electron chi connectivity index (χ4n) is 3.31. The van der Waals surface area contributed by atoms with Crippen LogP contribution in [0.3, 0.4) is 0 Å². The summed E-state index contributed by atoms with van der Waals surface area (Å²) in [6.45, 7) is 4.29. The molecule has 1 N–H and O–H groups in total. The molecule has 0 saturated heterocycles. The standard InChI is InChI=1S/C19H19ClN4/c1-12-6-7-14(8-13(12)2)17-10-18(15-4-3-5-16(20)9-15)24-19(23-17)21-11-22-24/h3-9,11,17-18H,10H2,1-2H3,(H,21,22,23)/t17-,18-/m0/s1. The molecule has 4 nitrogen and oxygen atoms in total. The third kappa shape index (κ3) is 2.67. The molecule has 0 saturated carbocycles. The summed E-state index contributed by atoms with van der Waals surface area (Å²) in [5.74, 6) is 0.800. The van der Waals surface area contributed by atoms with Gasteiger partial charge in [0.15, 0.2) is 0 Å². The maximum atomic E-state index is 6.20. The molecular formula is C19H19ClN4. The molecule has 0 radical (unpaired) electrons. The SMILES string of the molecule is Cc1ccc([C@@H]2C[C@@H](c3cccc(Cl)c3)n3ncnc3N2)cc1C. The molecule has 122 valence electrons. The van der Waals surface area contributed by atoms with Crippen LogP contribution in [0.4, 0.5) is 5.95 Å². The zero-order valence-corrected chi connectivity index (χ0v) is 14.5. The molecule has 2 atom stereocenters. The molecule has 0 bridgehead atoms. The highest BCUT2D eigenvalue weighted by Gasteiger charge is 2.30. The van der Waals surface area contributed by atoms with Crippen LogP contribution in [0.25, 0.3) is 0 Å². The fraction of sp³-hybridized carbons (Fsp3) is 0.263. The summed E-state index contributed by atoms with van der Waals surface area (Å²) in [4.78, 5) is 4.38. The van der Waals surface area contributed by atoms with Gasteiger partial charge in [-0.1, -0.05) is 41.9 Å². The van der Waals surface area contributed by atoms with Gasteiger partial charge in [0.05, 0.1) is 12.1 Å². The van der Waals surface area contributed by atoms with Crippen molar-refractivity contribution in [2.24, 2.45) is 0 Å². The average Bonchev–Trinajstić information content (AvgIpc) is 3.05. The zero-order valence-electron chi connectivity index (χ0n) is 13.7. The number of aryl methyl sites for hydroxylation is 2. The van der Waals surface area contributed by atoms with Crippen molar-refractivity contribution in [3.63, 3.8) is 0 Å². The van der Waals surface area contributed by atoms with Crippen LogP contribution in [0.1, 0.15) is 40.8 Å². The van der Waals surface area contributed by atoms with Gasteiger partial charge in [-0.25, -0.2) is 4.68 Å². The summed E-state index contributed by atoms with van der Waals surface area (Å²) in [6.07, 6.45) is 2.50. The molecule has 5 heteroatoms. The van der Waals surface area contributed by atoms with Gasteiger partial charge in [0.25, 0.3) is 0 Å². The van der Waals surface area contributed by atoms with Gasteiger partial charge >= 0.3 is 0 Å². The van der Waals surface area contributed by atoms with Gasteiger partial charge in [-0.15, -0.1) is 0 Å². The number of anilines is 1. The van der Waals surface area contributed by atoms with Gasteiger partial charge in [0, 0.05) is 5.02 Å². The van der Waals surface area contributed by atoms with Crippen molar-refractivity contribution in [3.05, 3.63) is 76.1 Å². The summed E-state index contributed by atoms with van der Waals surface area (Å²) >= 11 is 6.20. The third-order valence-electron chi connectivity index (χ3n) is 4.80. The molecule has 2 aromatic carbocycles. The second-order valence-electron chi connectivity index (χ2n) is 6.38. The number of aromatic nitrogens is 3. The molecule has 4 rings (SSSR count). The Morgan fingerprint density at radius 1 is 1.08 bits per heavy atom. The van der Waals surface area contributed by atoms with Crippen LogP contribution >= 0.6 is 11.6 Å². The Kier molecular flexibility index (Phi) is 3.77. The second kappa shape index (κ2) is 5.95. The maximum absolute atomic E-state index is 6.20. The minimum absolute atomic E-state index is 0.119. The largest absolute Gasteiger partial charge is 0.348 e. The second-order valence-corrected chi connectivity index (χ2v) is 6.81. The minimum Gasteiger partial charge on any atom is -0.348 e. The number of nitrogens with zero attached hydrogens (tertiary/aromatic N) is 3. The molecule has 0 unspecified atom stereocenters. The van der Waals surface area contributed by atoms with E-state index < -0.39 is 0 Å². The van der Waals surface area contributed by atoms with E-state index >= 15 is 0 Å². The number of hydrogen-bond donors (Lipinski definition) is 1. The van der Waals surface area contributed by atoms with Crippen molar-refractivity contribution in [1.82, 2.24) is 14.8 Å². The molecule has 0 spiro atoms. The van der Waals surface area contributed by atoms with E-state index in [2.05, 4.69) is 53.5 Å². The van der Waals surface area contributed by atoms with Crippen LogP contribution in [0.15, 0.2) is 48.8 Å². The summed E-state index contributed by atoms with van der Waals surface area (Å²) < 4.78 is 1.95. The first-order chi connectivity index (χ1) is 11.6. The topological polar surface area (TPSA) is 42.7 Å². The van der Waals surface area contributed by atoms with E-state index in [1.54, 1.807) is 6.33 Å². The highest BCUT2D eigenvalue weighted by Crippen LogP contribution is 2.38. The van der Waals surface area contributed by atoms with Crippen LogP contribution < -0.4 is 5.32 Å². The highest BCUT2D eigenvalue weighted by molar-refractivity contribution is 6.30. The van der Waals surface area contributed by atoms with Crippen LogP contribution in [-0.4, -0.2) is 14.8 Å². The predicted octanol–water partition coefficient (Wildman–Crippen LogP) is 4.69. The predicted molar refractivity (Wildman–Crippen MR) is 96.5 cm³/mol. The third-order valence-corrected chi connectivity index (χ3v) is 5.03. The summed E-state index contributed by atoms with van der Waals surface area (Å²) in [5.41, 5.74) is 5.05. The molecule has 0 amide bonds. The zero-order chi connectivity index (χ0) is 16.7. The Bertz CT molecular complexity index is 887. The van der Waals surface area contributed by atoms with Gasteiger partial charge < -0.3 is 5.32 Å². The van der Waals surface area contributed by atoms with E-state index in [1.165, 1.54) is 16.7 Å². The summed E-state index contributed by atoms with van der Waals surface area (Å²) in [5, 5.41) is 8.66. The molecule has 1 aromatic heterocycles. The van der Waals surface area contributed by atoms with E-state index in [4.69, 9.17) is 11.6 Å². The van der Waals surface area contributed by atoms with Gasteiger partial charge in [-0.2, -0.15) is 10.1 Å². The first-order valence-corrected chi connectivity index (χ1v) is 8.48. The lowest BCUT2D eigenvalue weighted by Gasteiger charge is -2.32. The van der Waals surface area contributed by atoms with Crippen molar-refractivity contribution in [1.29, 1.82) is 0 Å². The van der Waals surface area contributed by atoms with Crippen LogP contribution in [0, 0.1) is 13.8 Å². The van der Waals surface area contributed by atoms with Gasteiger partial charge in [0.1, 0.15) is 6.33 Å². The molecule has 0 fully saturated rings. The van der Waals surface area contributed by atoms with E-state index in [1.807, 2.05) is 22.9 Å². The normalized spacial score (nSPS) is 19.6. The molecule has 2 heterocycles. The van der Waals surface area contributed by atoms with E-state index in [0.717, 1.165) is 23.0 Å². The summed E-state index contributed by atoms with van der Waals surface area (Å²) in [6, 6.07) is 15.0. The fourth-order valence-corrected chi connectivity index (χ4v) is 3.51. The number of fused-ring (bicyclic) bond motifs is 1. The van der Waals surface area contributed by atoms with Gasteiger partial charge in [-0.3, -0.25) is 0 Å². The maximum Gasteiger partial charge on any atom is 0.222 e. The van der Waals surface area contributed by atoms with Gasteiger partial charge in [-0.05, 0) is 54.7 Å². The molecule has 0 aliphatic carbocycles. The van der Waals surface area contributed by atoms with E-state index in [-0.39, 0.29) is 12.1 Å². The van der Waals surface area contributed by atoms with Crippen LogP contribution in [0.5, 0.6) is 0 Å². The Morgan fingerprint density at radius 3 is 2.75 bits per heavy atom. The number of halogens is 1. The van der Waals surface area contributed by atoms with Crippen molar-refractivity contribution < 1.29 is 0 Å². The molecule has 1 aliphatic heterocycles. The Morgan fingerprint density at radius 2 is 1.96 bits per heavy atom. The number of hydrogen-bond acceptors (Lipinski definition) is 3. The lowest BCUT2D eigenvalue weighted by Crippen LogP contribution is -2.28. The monoisotopic (exact) mass is 338 g/mol. The van der Waals surface area contributed by atoms with Crippen molar-refractivity contribution in [2.75, 3.05) is 5.32 Å². The minimum atomic E-state index is 0.119. The Labute approximate surface area is 146 Å². The molecule has 1 aliphatic rings. The lowest BCUT2D eigenvalue weighted by atomic mass is 9.92. The Hall–Kier alpha value is -2.33. The number of rotatable bonds is 2. The van der Waals surface area contributed by atoms with Crippen molar-refractivity contribution in [2.45, 2.75) is 32.4 Å². The lowest BCUT2D eigenvalue weighted by molar-refractivity contribution is 0.431. The first kappa shape index (κ1) is 15.2. The van der Waals surface area contributed by atoms with Crippen molar-refractivity contribution in [3.8, 4) is 0 Å². The molecular weight excluding hydrogens is 320 g/mol.